The van der Waals surface area contributed by atoms with Gasteiger partial charge in [0.05, 0.1) is 0 Å². The standard InChI is InChI=1S/C20H21ClN2O4/c1-13(2)18(23-20(26)22-16-6-4-3-5-7-16)19(25)27-12-17(24)14-8-10-15(21)11-9-14/h3-11,13,18H,12H2,1-2H3,(H2,22,23,26)/t18-/m0/s1. The summed E-state index contributed by atoms with van der Waals surface area (Å²) in [6.07, 6.45) is 0. The number of rotatable bonds is 7. The molecule has 0 radical (unpaired) electrons. The van der Waals surface area contributed by atoms with Crippen LogP contribution in [0.15, 0.2) is 54.6 Å². The molecule has 0 bridgehead atoms. The number of Topliss-reactive ketones (excluding diaryl/α,β-unsaturated/α-hetero) is 1. The van der Waals surface area contributed by atoms with Crippen molar-refractivity contribution >= 4 is 35.1 Å². The topological polar surface area (TPSA) is 84.5 Å². The number of hydrogen-bond acceptors (Lipinski definition) is 4. The number of carbonyl (C=O) groups excluding carboxylic acids is 3. The SMILES string of the molecule is CC(C)[C@H](NC(=O)Nc1ccccc1)C(=O)OCC(=O)c1ccc(Cl)cc1. The minimum atomic E-state index is -0.883. The number of benzene rings is 2. The van der Waals surface area contributed by atoms with E-state index in [0.717, 1.165) is 0 Å². The number of halogens is 1. The summed E-state index contributed by atoms with van der Waals surface area (Å²) in [5.74, 6) is -1.24. The van der Waals surface area contributed by atoms with Crippen LogP contribution in [0.25, 0.3) is 0 Å². The van der Waals surface area contributed by atoms with E-state index >= 15 is 0 Å². The molecule has 1 atom stereocenters. The van der Waals surface area contributed by atoms with Crippen molar-refractivity contribution in [2.75, 3.05) is 11.9 Å². The van der Waals surface area contributed by atoms with Gasteiger partial charge in [-0.1, -0.05) is 43.6 Å². The van der Waals surface area contributed by atoms with E-state index in [1.165, 1.54) is 0 Å². The van der Waals surface area contributed by atoms with Crippen LogP contribution in [-0.4, -0.2) is 30.4 Å². The molecule has 0 saturated heterocycles. The second-order valence-electron chi connectivity index (χ2n) is 6.22. The van der Waals surface area contributed by atoms with Gasteiger partial charge in [-0.2, -0.15) is 0 Å². The Bertz CT molecular complexity index is 791. The maximum absolute atomic E-state index is 12.3. The largest absolute Gasteiger partial charge is 0.456 e. The minimum Gasteiger partial charge on any atom is -0.456 e. The average Bonchev–Trinajstić information content (AvgIpc) is 2.65. The first-order valence-electron chi connectivity index (χ1n) is 8.45. The number of para-hydroxylation sites is 1. The molecule has 0 unspecified atom stereocenters. The smallest absolute Gasteiger partial charge is 0.329 e. The lowest BCUT2D eigenvalue weighted by Crippen LogP contribution is -2.47. The molecule has 0 saturated carbocycles. The molecule has 6 nitrogen and oxygen atoms in total. The highest BCUT2D eigenvalue weighted by Crippen LogP contribution is 2.11. The molecule has 7 heteroatoms. The Morgan fingerprint density at radius 3 is 2.22 bits per heavy atom. The monoisotopic (exact) mass is 388 g/mol. The van der Waals surface area contributed by atoms with Crippen molar-refractivity contribution < 1.29 is 19.1 Å². The predicted molar refractivity (Wildman–Crippen MR) is 104 cm³/mol. The van der Waals surface area contributed by atoms with Crippen molar-refractivity contribution in [1.82, 2.24) is 5.32 Å². The molecule has 0 fully saturated rings. The summed E-state index contributed by atoms with van der Waals surface area (Å²) < 4.78 is 5.10. The molecule has 0 aromatic heterocycles. The maximum atomic E-state index is 12.3. The first kappa shape index (κ1) is 20.5. The molecule has 0 heterocycles. The first-order valence-corrected chi connectivity index (χ1v) is 8.82. The zero-order valence-corrected chi connectivity index (χ0v) is 15.8. The zero-order valence-electron chi connectivity index (χ0n) is 15.1. The summed E-state index contributed by atoms with van der Waals surface area (Å²) >= 11 is 5.78. The minimum absolute atomic E-state index is 0.218. The van der Waals surface area contributed by atoms with E-state index in [-0.39, 0.29) is 11.7 Å². The van der Waals surface area contributed by atoms with Gasteiger partial charge in [-0.3, -0.25) is 4.79 Å². The molecular weight excluding hydrogens is 368 g/mol. The molecule has 0 aliphatic heterocycles. The number of carbonyl (C=O) groups is 3. The molecule has 0 aliphatic carbocycles. The highest BCUT2D eigenvalue weighted by molar-refractivity contribution is 6.30. The van der Waals surface area contributed by atoms with Crippen molar-refractivity contribution in [1.29, 1.82) is 0 Å². The predicted octanol–water partition coefficient (Wildman–Crippen LogP) is 3.91. The Balaban J connectivity index is 1.91. The van der Waals surface area contributed by atoms with Gasteiger partial charge in [-0.05, 0) is 42.3 Å². The number of ketones is 1. The van der Waals surface area contributed by atoms with Crippen LogP contribution in [0.1, 0.15) is 24.2 Å². The number of anilines is 1. The van der Waals surface area contributed by atoms with Crippen LogP contribution in [0.3, 0.4) is 0 Å². The molecule has 0 spiro atoms. The number of nitrogens with one attached hydrogen (secondary N) is 2. The zero-order chi connectivity index (χ0) is 19.8. The van der Waals surface area contributed by atoms with Gasteiger partial charge in [-0.15, -0.1) is 0 Å². The normalized spacial score (nSPS) is 11.6. The van der Waals surface area contributed by atoms with E-state index < -0.39 is 24.6 Å². The molecule has 2 rings (SSSR count). The van der Waals surface area contributed by atoms with Gasteiger partial charge in [0.25, 0.3) is 0 Å². The van der Waals surface area contributed by atoms with Crippen molar-refractivity contribution in [3.8, 4) is 0 Å². The van der Waals surface area contributed by atoms with Gasteiger partial charge in [0.15, 0.2) is 12.4 Å². The molecule has 2 aromatic carbocycles. The Kier molecular flexibility index (Phi) is 7.37. The third-order valence-corrected chi connectivity index (χ3v) is 4.00. The van der Waals surface area contributed by atoms with E-state index in [9.17, 15) is 14.4 Å². The number of urea groups is 1. The van der Waals surface area contributed by atoms with Gasteiger partial charge in [-0.25, -0.2) is 9.59 Å². The van der Waals surface area contributed by atoms with Gasteiger partial charge in [0.1, 0.15) is 6.04 Å². The summed E-state index contributed by atoms with van der Waals surface area (Å²) in [5.41, 5.74) is 0.992. The average molecular weight is 389 g/mol. The molecule has 0 aliphatic rings. The van der Waals surface area contributed by atoms with Gasteiger partial charge < -0.3 is 15.4 Å². The highest BCUT2D eigenvalue weighted by Gasteiger charge is 2.26. The lowest BCUT2D eigenvalue weighted by molar-refractivity contribution is -0.145. The third-order valence-electron chi connectivity index (χ3n) is 3.75. The molecule has 142 valence electrons. The summed E-state index contributed by atoms with van der Waals surface area (Å²) in [4.78, 5) is 36.5. The van der Waals surface area contributed by atoms with Crippen LogP contribution >= 0.6 is 11.6 Å². The summed E-state index contributed by atoms with van der Waals surface area (Å²) in [6, 6.07) is 13.7. The lowest BCUT2D eigenvalue weighted by atomic mass is 10.1. The van der Waals surface area contributed by atoms with Crippen LogP contribution in [-0.2, 0) is 9.53 Å². The summed E-state index contributed by atoms with van der Waals surface area (Å²) in [6.45, 7) is 3.14. The van der Waals surface area contributed by atoms with Crippen LogP contribution < -0.4 is 10.6 Å². The second-order valence-corrected chi connectivity index (χ2v) is 6.66. The quantitative estimate of drug-likeness (QED) is 0.556. The Morgan fingerprint density at radius 2 is 1.63 bits per heavy atom. The molecule has 2 amide bonds. The van der Waals surface area contributed by atoms with Gasteiger partial charge in [0, 0.05) is 16.3 Å². The number of ether oxygens (including phenoxy) is 1. The molecule has 27 heavy (non-hydrogen) atoms. The first-order chi connectivity index (χ1) is 12.9. The fraction of sp³-hybridized carbons (Fsp3) is 0.250. The fourth-order valence-corrected chi connectivity index (χ4v) is 2.40. The molecule has 2 aromatic rings. The van der Waals surface area contributed by atoms with Crippen molar-refractivity contribution in [2.24, 2.45) is 5.92 Å². The number of esters is 1. The Morgan fingerprint density at radius 1 is 1.00 bits per heavy atom. The van der Waals surface area contributed by atoms with E-state index in [0.29, 0.717) is 16.3 Å². The maximum Gasteiger partial charge on any atom is 0.329 e. The summed E-state index contributed by atoms with van der Waals surface area (Å²) in [7, 11) is 0. The van der Waals surface area contributed by atoms with Crippen molar-refractivity contribution in [3.63, 3.8) is 0 Å². The van der Waals surface area contributed by atoms with Gasteiger partial charge in [0.2, 0.25) is 0 Å². The van der Waals surface area contributed by atoms with Crippen LogP contribution in [0, 0.1) is 5.92 Å². The second kappa shape index (κ2) is 9.73. The molecular formula is C20H21ClN2O4. The summed E-state index contributed by atoms with van der Waals surface area (Å²) in [5, 5.41) is 5.73. The van der Waals surface area contributed by atoms with E-state index in [1.807, 2.05) is 6.07 Å². The van der Waals surface area contributed by atoms with E-state index in [2.05, 4.69) is 10.6 Å². The highest BCUT2D eigenvalue weighted by atomic mass is 35.5. The fourth-order valence-electron chi connectivity index (χ4n) is 2.27. The van der Waals surface area contributed by atoms with Crippen LogP contribution in [0.2, 0.25) is 5.02 Å². The van der Waals surface area contributed by atoms with E-state index in [1.54, 1.807) is 62.4 Å². The number of amides is 2. The Labute approximate surface area is 162 Å². The molecule has 2 N–H and O–H groups in total. The number of hydrogen-bond donors (Lipinski definition) is 2. The van der Waals surface area contributed by atoms with Crippen molar-refractivity contribution in [3.05, 3.63) is 65.2 Å². The Hall–Kier alpha value is -2.86. The third kappa shape index (κ3) is 6.42. The van der Waals surface area contributed by atoms with Crippen LogP contribution in [0.5, 0.6) is 0 Å². The van der Waals surface area contributed by atoms with Gasteiger partial charge >= 0.3 is 12.0 Å². The van der Waals surface area contributed by atoms with Crippen LogP contribution in [0.4, 0.5) is 10.5 Å². The lowest BCUT2D eigenvalue weighted by Gasteiger charge is -2.21. The van der Waals surface area contributed by atoms with E-state index in [4.69, 9.17) is 16.3 Å². The van der Waals surface area contributed by atoms with Crippen molar-refractivity contribution in [2.45, 2.75) is 19.9 Å².